The Morgan fingerprint density at radius 1 is 1.11 bits per heavy atom. The standard InChI is InChI=1S/C18H16N4O4S2/c19-18(23)15-9-11-10-27(24)16-4-2-1-3-14(16)17(11)22(21-15)12-5-7-13(8-6-12)28(20,25)26/h1-8H,9-10H2,(H2,19,23)(H2,20,25,26). The number of nitrogens with zero attached hydrogens (tertiary/aromatic N) is 2. The van der Waals surface area contributed by atoms with Crippen molar-refractivity contribution in [3.05, 3.63) is 59.7 Å². The Morgan fingerprint density at radius 3 is 2.43 bits per heavy atom. The summed E-state index contributed by atoms with van der Waals surface area (Å²) in [5.74, 6) is -0.396. The maximum atomic E-state index is 12.6. The Morgan fingerprint density at radius 2 is 1.79 bits per heavy atom. The maximum absolute atomic E-state index is 12.6. The summed E-state index contributed by atoms with van der Waals surface area (Å²) in [4.78, 5) is 12.4. The van der Waals surface area contributed by atoms with Crippen molar-refractivity contribution in [3.8, 4) is 0 Å². The van der Waals surface area contributed by atoms with Crippen molar-refractivity contribution >= 4 is 43.8 Å². The van der Waals surface area contributed by atoms with E-state index in [0.29, 0.717) is 10.6 Å². The van der Waals surface area contributed by atoms with E-state index in [-0.39, 0.29) is 22.8 Å². The van der Waals surface area contributed by atoms with E-state index in [9.17, 15) is 17.4 Å². The first-order valence-corrected chi connectivity index (χ1v) is 11.1. The summed E-state index contributed by atoms with van der Waals surface area (Å²) in [6.07, 6.45) is 0.219. The molecular weight excluding hydrogens is 400 g/mol. The molecule has 144 valence electrons. The molecule has 2 aromatic carbocycles. The van der Waals surface area contributed by atoms with Crippen LogP contribution >= 0.6 is 0 Å². The van der Waals surface area contributed by atoms with Gasteiger partial charge in [0.15, 0.2) is 0 Å². The van der Waals surface area contributed by atoms with Crippen LogP contribution < -0.4 is 15.9 Å². The molecule has 0 saturated heterocycles. The highest BCUT2D eigenvalue weighted by molar-refractivity contribution is 7.89. The first-order chi connectivity index (χ1) is 13.3. The van der Waals surface area contributed by atoms with Gasteiger partial charge in [0, 0.05) is 16.9 Å². The lowest BCUT2D eigenvalue weighted by atomic mass is 9.99. The second-order valence-corrected chi connectivity index (χ2v) is 9.36. The van der Waals surface area contributed by atoms with Gasteiger partial charge in [-0.3, -0.25) is 9.00 Å². The summed E-state index contributed by atoms with van der Waals surface area (Å²) in [5.41, 5.74) is 8.39. The number of hydrazone groups is 1. The van der Waals surface area contributed by atoms with Gasteiger partial charge in [0.1, 0.15) is 5.71 Å². The zero-order valence-electron chi connectivity index (χ0n) is 14.5. The van der Waals surface area contributed by atoms with Gasteiger partial charge in [0.2, 0.25) is 10.0 Å². The van der Waals surface area contributed by atoms with Crippen molar-refractivity contribution in [2.24, 2.45) is 16.0 Å². The van der Waals surface area contributed by atoms with Crippen molar-refractivity contribution in [3.63, 3.8) is 0 Å². The lowest BCUT2D eigenvalue weighted by molar-refractivity contribution is -0.112. The number of anilines is 1. The molecule has 1 atom stereocenters. The number of benzene rings is 2. The predicted molar refractivity (Wildman–Crippen MR) is 106 cm³/mol. The minimum absolute atomic E-state index is 0.0354. The summed E-state index contributed by atoms with van der Waals surface area (Å²) < 4.78 is 35.7. The fraction of sp³-hybridized carbons (Fsp3) is 0.111. The van der Waals surface area contributed by atoms with Crippen LogP contribution in [0.25, 0.3) is 5.70 Å². The fourth-order valence-corrected chi connectivity index (χ4v) is 5.13. The molecule has 0 spiro atoms. The average Bonchev–Trinajstić information content (AvgIpc) is 2.66. The molecule has 4 rings (SSSR count). The molecular formula is C18H16N4O4S2. The number of amides is 1. The molecule has 0 radical (unpaired) electrons. The van der Waals surface area contributed by atoms with Crippen molar-refractivity contribution in [1.82, 2.24) is 0 Å². The van der Waals surface area contributed by atoms with Crippen LogP contribution in [0.4, 0.5) is 5.69 Å². The van der Waals surface area contributed by atoms with Crippen LogP contribution in [0.1, 0.15) is 12.0 Å². The van der Waals surface area contributed by atoms with Gasteiger partial charge in [-0.05, 0) is 35.9 Å². The average molecular weight is 416 g/mol. The van der Waals surface area contributed by atoms with Crippen LogP contribution in [0.5, 0.6) is 0 Å². The summed E-state index contributed by atoms with van der Waals surface area (Å²) in [6.45, 7) is 0. The van der Waals surface area contributed by atoms with Gasteiger partial charge in [0.25, 0.3) is 5.91 Å². The van der Waals surface area contributed by atoms with Gasteiger partial charge >= 0.3 is 0 Å². The summed E-state index contributed by atoms with van der Waals surface area (Å²) >= 11 is 0. The molecule has 28 heavy (non-hydrogen) atoms. The summed E-state index contributed by atoms with van der Waals surface area (Å²) in [6, 6.07) is 13.1. The van der Waals surface area contributed by atoms with Crippen LogP contribution in [-0.2, 0) is 25.6 Å². The number of carbonyl (C=O) groups is 1. The smallest absolute Gasteiger partial charge is 0.265 e. The molecule has 2 heterocycles. The molecule has 0 aliphatic carbocycles. The fourth-order valence-electron chi connectivity index (χ4n) is 3.26. The molecule has 4 N–H and O–H groups in total. The Labute approximate surface area is 164 Å². The molecule has 2 aromatic rings. The second kappa shape index (κ2) is 6.66. The molecule has 2 aliphatic rings. The summed E-state index contributed by atoms with van der Waals surface area (Å²) in [7, 11) is -5.07. The first kappa shape index (κ1) is 18.5. The monoisotopic (exact) mass is 416 g/mol. The highest BCUT2D eigenvalue weighted by Crippen LogP contribution is 2.40. The van der Waals surface area contributed by atoms with E-state index in [1.54, 1.807) is 23.2 Å². The van der Waals surface area contributed by atoms with Crippen LogP contribution in [0.15, 0.2) is 69.0 Å². The van der Waals surface area contributed by atoms with E-state index in [4.69, 9.17) is 10.9 Å². The van der Waals surface area contributed by atoms with E-state index in [1.807, 2.05) is 18.2 Å². The van der Waals surface area contributed by atoms with Crippen molar-refractivity contribution in [2.75, 3.05) is 10.8 Å². The first-order valence-electron chi connectivity index (χ1n) is 8.26. The van der Waals surface area contributed by atoms with Gasteiger partial charge in [-0.2, -0.15) is 5.10 Å². The second-order valence-electron chi connectivity index (χ2n) is 6.38. The topological polar surface area (TPSA) is 136 Å². The van der Waals surface area contributed by atoms with Gasteiger partial charge < -0.3 is 5.73 Å². The van der Waals surface area contributed by atoms with E-state index in [2.05, 4.69) is 5.10 Å². The molecule has 1 unspecified atom stereocenters. The largest absolute Gasteiger partial charge is 0.364 e. The molecule has 0 fully saturated rings. The van der Waals surface area contributed by atoms with Crippen LogP contribution in [0.2, 0.25) is 0 Å². The Hall–Kier alpha value is -2.82. The number of fused-ring (bicyclic) bond motifs is 2. The number of hydrogen-bond acceptors (Lipinski definition) is 6. The molecule has 0 saturated carbocycles. The van der Waals surface area contributed by atoms with Gasteiger partial charge in [-0.1, -0.05) is 18.2 Å². The zero-order chi connectivity index (χ0) is 20.1. The van der Waals surface area contributed by atoms with Crippen molar-refractivity contribution < 1.29 is 17.4 Å². The number of primary amides is 1. The van der Waals surface area contributed by atoms with Crippen molar-refractivity contribution in [1.29, 1.82) is 0 Å². The number of rotatable bonds is 3. The molecule has 8 nitrogen and oxygen atoms in total. The highest BCUT2D eigenvalue weighted by Gasteiger charge is 2.33. The number of hydrogen-bond donors (Lipinski definition) is 2. The third-order valence-corrected chi connectivity index (χ3v) is 6.92. The van der Waals surface area contributed by atoms with Gasteiger partial charge in [-0.25, -0.2) is 18.6 Å². The SMILES string of the molecule is NC(=O)C1=NN(c2ccc(S(N)(=O)=O)cc2)C2=C(C1)CS(=O)c1ccccc12. The molecule has 0 bridgehead atoms. The minimum Gasteiger partial charge on any atom is -0.364 e. The van der Waals surface area contributed by atoms with E-state index in [0.717, 1.165) is 16.8 Å². The molecule has 2 aliphatic heterocycles. The molecule has 10 heteroatoms. The third kappa shape index (κ3) is 3.15. The van der Waals surface area contributed by atoms with Gasteiger partial charge in [0.05, 0.1) is 32.8 Å². The summed E-state index contributed by atoms with van der Waals surface area (Å²) in [5, 5.41) is 11.1. The number of primary sulfonamides is 1. The quantitative estimate of drug-likeness (QED) is 0.767. The van der Waals surface area contributed by atoms with Crippen LogP contribution in [-0.4, -0.2) is 30.0 Å². The van der Waals surface area contributed by atoms with Crippen LogP contribution in [0.3, 0.4) is 0 Å². The predicted octanol–water partition coefficient (Wildman–Crippen LogP) is 0.918. The van der Waals surface area contributed by atoms with Crippen LogP contribution in [0, 0.1) is 0 Å². The Balaban J connectivity index is 1.89. The van der Waals surface area contributed by atoms with Gasteiger partial charge in [-0.15, -0.1) is 0 Å². The van der Waals surface area contributed by atoms with E-state index in [1.165, 1.54) is 12.1 Å². The maximum Gasteiger partial charge on any atom is 0.265 e. The van der Waals surface area contributed by atoms with E-state index < -0.39 is 26.7 Å². The van der Waals surface area contributed by atoms with Crippen molar-refractivity contribution in [2.45, 2.75) is 16.2 Å². The normalized spacial score (nSPS) is 19.0. The lowest BCUT2D eigenvalue weighted by Crippen LogP contribution is -2.35. The highest BCUT2D eigenvalue weighted by atomic mass is 32.2. The zero-order valence-corrected chi connectivity index (χ0v) is 16.2. The Kier molecular flexibility index (Phi) is 4.41. The molecule has 1 amide bonds. The van der Waals surface area contributed by atoms with E-state index >= 15 is 0 Å². The Bertz CT molecular complexity index is 1180. The minimum atomic E-state index is -3.83. The number of sulfonamides is 1. The number of nitrogens with two attached hydrogens (primary N) is 2. The molecule has 0 aromatic heterocycles. The number of carbonyl (C=O) groups excluding carboxylic acids is 1. The third-order valence-electron chi connectivity index (χ3n) is 4.54. The lowest BCUT2D eigenvalue weighted by Gasteiger charge is -2.33.